The summed E-state index contributed by atoms with van der Waals surface area (Å²) >= 11 is 0. The van der Waals surface area contributed by atoms with Gasteiger partial charge in [0.2, 0.25) is 0 Å². The van der Waals surface area contributed by atoms with Crippen molar-refractivity contribution in [1.29, 1.82) is 0 Å². The number of allylic oxidation sites excluding steroid dienone is 1. The summed E-state index contributed by atoms with van der Waals surface area (Å²) in [5.41, 5.74) is 0. The van der Waals surface area contributed by atoms with Gasteiger partial charge in [-0.05, 0) is 0 Å². The summed E-state index contributed by atoms with van der Waals surface area (Å²) in [7, 11) is 0. The van der Waals surface area contributed by atoms with Crippen molar-refractivity contribution in [2.45, 2.75) is 26.2 Å². The van der Waals surface area contributed by atoms with Crippen molar-refractivity contribution in [2.75, 3.05) is 0 Å². The molecule has 0 fully saturated rings. The molecule has 0 aliphatic heterocycles. The molecule has 0 atom stereocenters. The van der Waals surface area contributed by atoms with Crippen LogP contribution in [0.15, 0.2) is 6.58 Å². The number of halogens is 1. The van der Waals surface area contributed by atoms with E-state index in [2.05, 4.69) is 19.6 Å². The second-order valence-electron chi connectivity index (χ2n) is 1.35. The Labute approximate surface area is 78.7 Å². The summed E-state index contributed by atoms with van der Waals surface area (Å²) in [6.45, 7) is 5.64. The van der Waals surface area contributed by atoms with E-state index < -0.39 is 0 Å². The molecule has 0 saturated carbocycles. The minimum absolute atomic E-state index is 0. The summed E-state index contributed by atoms with van der Waals surface area (Å²) in [5, 5.41) is 0. The van der Waals surface area contributed by atoms with E-state index >= 15 is 0 Å². The molecule has 0 aromatic heterocycles. The summed E-state index contributed by atoms with van der Waals surface area (Å²) in [5.74, 6) is 0. The van der Waals surface area contributed by atoms with E-state index in [1.54, 1.807) is 0 Å². The van der Waals surface area contributed by atoms with Gasteiger partial charge in [-0.3, -0.25) is 6.58 Å². The molecular formula is C6H11BrMg. The van der Waals surface area contributed by atoms with E-state index in [0.717, 1.165) is 6.42 Å². The molecule has 0 saturated heterocycles. The first kappa shape index (κ1) is 16.0. The number of unbranched alkanes of at least 4 members (excludes halogenated alkanes) is 2. The van der Waals surface area contributed by atoms with E-state index in [1.165, 1.54) is 12.8 Å². The molecule has 0 rings (SSSR count). The van der Waals surface area contributed by atoms with Crippen molar-refractivity contribution >= 4 is 23.1 Å². The molecule has 0 aromatic carbocycles. The molecule has 0 aliphatic rings. The van der Waals surface area contributed by atoms with Gasteiger partial charge < -0.3 is 23.1 Å². The van der Waals surface area contributed by atoms with Gasteiger partial charge in [0, 0.05) is 0 Å². The van der Waals surface area contributed by atoms with Gasteiger partial charge in [-0.1, -0.05) is 19.8 Å². The molecule has 0 heterocycles. The van der Waals surface area contributed by atoms with Gasteiger partial charge in [-0.2, -0.15) is 6.42 Å². The van der Waals surface area contributed by atoms with Gasteiger partial charge in [0.15, 0.2) is 0 Å². The predicted octanol–water partition coefficient (Wildman–Crippen LogP) is -1.21. The SMILES string of the molecule is C=[C-]CCCC.[Br-].[Mg+2]. The minimum atomic E-state index is 0. The average molecular weight is 187 g/mol. The second kappa shape index (κ2) is 15.7. The Bertz CT molecular complexity index is 37.5. The fourth-order valence-corrected chi connectivity index (χ4v) is 0.302. The Kier molecular flexibility index (Phi) is 31.3. The first-order valence-electron chi connectivity index (χ1n) is 2.41. The largest absolute Gasteiger partial charge is 2.00 e. The van der Waals surface area contributed by atoms with Crippen LogP contribution in [0.4, 0.5) is 0 Å². The van der Waals surface area contributed by atoms with Crippen molar-refractivity contribution in [1.82, 2.24) is 0 Å². The van der Waals surface area contributed by atoms with Crippen LogP contribution in [-0.4, -0.2) is 23.1 Å². The average Bonchev–Trinajstić information content (AvgIpc) is 1.61. The van der Waals surface area contributed by atoms with Gasteiger partial charge in [-0.25, -0.2) is 0 Å². The molecule has 0 amide bonds. The Morgan fingerprint density at radius 1 is 1.50 bits per heavy atom. The summed E-state index contributed by atoms with van der Waals surface area (Å²) in [4.78, 5) is 0. The second-order valence-corrected chi connectivity index (χ2v) is 1.35. The van der Waals surface area contributed by atoms with Crippen LogP contribution in [-0.2, 0) is 0 Å². The third-order valence-electron chi connectivity index (χ3n) is 0.707. The van der Waals surface area contributed by atoms with Crippen molar-refractivity contribution in [3.63, 3.8) is 0 Å². The van der Waals surface area contributed by atoms with Gasteiger partial charge in [0.25, 0.3) is 0 Å². The van der Waals surface area contributed by atoms with Crippen molar-refractivity contribution in [3.8, 4) is 0 Å². The zero-order valence-corrected chi connectivity index (χ0v) is 8.41. The van der Waals surface area contributed by atoms with Crippen LogP contribution in [0.1, 0.15) is 26.2 Å². The molecule has 0 unspecified atom stereocenters. The minimum Gasteiger partial charge on any atom is -1.00 e. The van der Waals surface area contributed by atoms with Crippen LogP contribution in [0.25, 0.3) is 0 Å². The first-order chi connectivity index (χ1) is 2.91. The van der Waals surface area contributed by atoms with E-state index in [-0.39, 0.29) is 40.0 Å². The maximum absolute atomic E-state index is 3.47. The first-order valence-corrected chi connectivity index (χ1v) is 2.41. The van der Waals surface area contributed by atoms with Crippen molar-refractivity contribution < 1.29 is 17.0 Å². The van der Waals surface area contributed by atoms with Crippen LogP contribution in [0.3, 0.4) is 0 Å². The van der Waals surface area contributed by atoms with Gasteiger partial charge >= 0.3 is 23.1 Å². The van der Waals surface area contributed by atoms with E-state index in [9.17, 15) is 0 Å². The van der Waals surface area contributed by atoms with Crippen LogP contribution in [0.5, 0.6) is 0 Å². The molecule has 44 valence electrons. The van der Waals surface area contributed by atoms with E-state index in [1.807, 2.05) is 0 Å². The predicted molar refractivity (Wildman–Crippen MR) is 34.1 cm³/mol. The summed E-state index contributed by atoms with van der Waals surface area (Å²) < 4.78 is 0. The molecule has 0 bridgehead atoms. The maximum atomic E-state index is 3.47. The van der Waals surface area contributed by atoms with Gasteiger partial charge in [-0.15, -0.1) is 0 Å². The van der Waals surface area contributed by atoms with Gasteiger partial charge in [0.1, 0.15) is 0 Å². The molecule has 0 aromatic rings. The molecule has 0 aliphatic carbocycles. The fraction of sp³-hybridized carbons (Fsp3) is 0.667. The summed E-state index contributed by atoms with van der Waals surface area (Å²) in [6.07, 6.45) is 6.36. The number of hydrogen-bond acceptors (Lipinski definition) is 0. The monoisotopic (exact) mass is 186 g/mol. The van der Waals surface area contributed by atoms with Crippen LogP contribution in [0, 0.1) is 6.08 Å². The Hall–Kier alpha value is 0.986. The normalized spacial score (nSPS) is 6.12. The molecule has 0 spiro atoms. The number of hydrogen-bond donors (Lipinski definition) is 0. The third-order valence-corrected chi connectivity index (χ3v) is 0.707. The maximum Gasteiger partial charge on any atom is 2.00 e. The molecule has 8 heavy (non-hydrogen) atoms. The topological polar surface area (TPSA) is 0 Å². The Morgan fingerprint density at radius 2 is 2.00 bits per heavy atom. The smallest absolute Gasteiger partial charge is 1.00 e. The van der Waals surface area contributed by atoms with Gasteiger partial charge in [0.05, 0.1) is 0 Å². The summed E-state index contributed by atoms with van der Waals surface area (Å²) in [6, 6.07) is 0. The van der Waals surface area contributed by atoms with E-state index in [0.29, 0.717) is 0 Å². The van der Waals surface area contributed by atoms with Crippen molar-refractivity contribution in [3.05, 3.63) is 12.7 Å². The Balaban J connectivity index is -0.000000125. The standard InChI is InChI=1S/C6H11.BrH.Mg/c1-3-5-6-4-2;;/h1,4-6H2,2H3;1H;/q-1;;+2/p-1. The molecule has 0 radical (unpaired) electrons. The van der Waals surface area contributed by atoms with Crippen molar-refractivity contribution in [2.24, 2.45) is 0 Å². The Morgan fingerprint density at radius 3 is 2.12 bits per heavy atom. The zero-order valence-electron chi connectivity index (χ0n) is 5.41. The molecule has 2 heteroatoms. The van der Waals surface area contributed by atoms with Crippen LogP contribution >= 0.6 is 0 Å². The molecule has 0 nitrogen and oxygen atoms in total. The van der Waals surface area contributed by atoms with Crippen LogP contribution in [0.2, 0.25) is 0 Å². The number of rotatable bonds is 3. The quantitative estimate of drug-likeness (QED) is 0.295. The fourth-order valence-electron chi connectivity index (χ4n) is 0.302. The van der Waals surface area contributed by atoms with Crippen LogP contribution < -0.4 is 17.0 Å². The molecular weight excluding hydrogens is 176 g/mol. The zero-order chi connectivity index (χ0) is 4.83. The molecule has 0 N–H and O–H groups in total. The third kappa shape index (κ3) is 15.8. The van der Waals surface area contributed by atoms with E-state index in [4.69, 9.17) is 0 Å².